The van der Waals surface area contributed by atoms with Crippen molar-refractivity contribution in [3.8, 4) is 0 Å². The molecule has 0 aromatic carbocycles. The Hall–Kier alpha value is -0.521. The molecule has 1 aliphatic rings. The van der Waals surface area contributed by atoms with E-state index in [4.69, 9.17) is 6.15 Å². The fraction of sp³-hybridized carbons (Fsp3) is 0.714. The van der Waals surface area contributed by atoms with Crippen LogP contribution in [0.5, 0.6) is 0 Å². The van der Waals surface area contributed by atoms with Gasteiger partial charge in [0, 0.05) is 0 Å². The van der Waals surface area contributed by atoms with Gasteiger partial charge in [-0.05, 0) is 0 Å². The van der Waals surface area contributed by atoms with E-state index in [2.05, 4.69) is 13.8 Å². The Bertz CT molecular complexity index is 351. The molecule has 0 aromatic rings. The number of carbonyl (C=O) groups is 2. The van der Waals surface area contributed by atoms with Crippen LogP contribution < -0.4 is 0 Å². The molecular weight excluding hydrogens is 351 g/mol. The molecule has 0 bridgehead atoms. The van der Waals surface area contributed by atoms with Gasteiger partial charge in [0.05, 0.1) is 0 Å². The minimum atomic E-state index is -3.43. The van der Waals surface area contributed by atoms with Crippen LogP contribution in [0, 0.1) is 0 Å². The SMILES string of the molecule is CCCCC1=C(CCCC)C(=O)[O][Sn]([CH3])([CH3])[O]C1=O. The van der Waals surface area contributed by atoms with Crippen LogP contribution in [0.4, 0.5) is 0 Å². The van der Waals surface area contributed by atoms with E-state index in [9.17, 15) is 9.59 Å². The zero-order chi connectivity index (χ0) is 14.5. The van der Waals surface area contributed by atoms with Crippen LogP contribution >= 0.6 is 0 Å². The Kier molecular flexibility index (Phi) is 6.36. The quantitative estimate of drug-likeness (QED) is 0.668. The van der Waals surface area contributed by atoms with E-state index in [1.807, 2.05) is 0 Å². The van der Waals surface area contributed by atoms with Crippen LogP contribution in [-0.2, 0) is 15.7 Å². The van der Waals surface area contributed by atoms with Gasteiger partial charge in [0.2, 0.25) is 0 Å². The predicted molar refractivity (Wildman–Crippen MR) is 75.7 cm³/mol. The van der Waals surface area contributed by atoms with Crippen molar-refractivity contribution in [2.45, 2.75) is 62.3 Å². The first kappa shape index (κ1) is 16.5. The van der Waals surface area contributed by atoms with Crippen molar-refractivity contribution in [3.05, 3.63) is 11.1 Å². The number of unbranched alkanes of at least 4 members (excludes halogenated alkanes) is 2. The third-order valence-electron chi connectivity index (χ3n) is 3.09. The zero-order valence-corrected chi connectivity index (χ0v) is 15.2. The van der Waals surface area contributed by atoms with Crippen LogP contribution in [-0.4, -0.2) is 31.1 Å². The average molecular weight is 375 g/mol. The molecule has 0 spiro atoms. The summed E-state index contributed by atoms with van der Waals surface area (Å²) in [4.78, 5) is 28.0. The Morgan fingerprint density at radius 1 is 0.842 bits per heavy atom. The van der Waals surface area contributed by atoms with Gasteiger partial charge in [0.25, 0.3) is 0 Å². The summed E-state index contributed by atoms with van der Waals surface area (Å²) in [7, 11) is 0. The molecule has 0 radical (unpaired) electrons. The molecule has 0 fully saturated rings. The number of hydrogen-bond donors (Lipinski definition) is 0. The molecule has 0 saturated carbocycles. The second-order valence-corrected chi connectivity index (χ2v) is 14.5. The summed E-state index contributed by atoms with van der Waals surface area (Å²) in [5.41, 5.74) is 1.12. The van der Waals surface area contributed by atoms with Crippen LogP contribution in [0.1, 0.15) is 52.4 Å². The molecule has 0 amide bonds. The molecule has 0 aromatic heterocycles. The first-order valence-electron chi connectivity index (χ1n) is 7.10. The van der Waals surface area contributed by atoms with Crippen LogP contribution in [0.3, 0.4) is 0 Å². The molecule has 0 N–H and O–H groups in total. The maximum absolute atomic E-state index is 12.2. The molecule has 0 unspecified atom stereocenters. The van der Waals surface area contributed by atoms with Gasteiger partial charge in [-0.15, -0.1) is 0 Å². The van der Waals surface area contributed by atoms with Gasteiger partial charge in [-0.3, -0.25) is 0 Å². The normalized spacial score (nSPS) is 18.9. The molecule has 4 nitrogen and oxygen atoms in total. The molecule has 19 heavy (non-hydrogen) atoms. The standard InChI is InChI=1S/C12H20O4.2CH3.Sn/c1-3-5-7-9(11(13)14)10(12(15)16)8-6-4-2;;;/h3-8H2,1-2H3,(H,13,14)(H,15,16);2*1H3;/q;;;+2/p-2. The second-order valence-electron chi connectivity index (χ2n) is 5.34. The number of carbonyl (C=O) groups excluding carboxylic acids is 2. The summed E-state index contributed by atoms with van der Waals surface area (Å²) in [6, 6.07) is 0. The first-order chi connectivity index (χ1) is 8.91. The predicted octanol–water partition coefficient (Wildman–Crippen LogP) is 3.47. The van der Waals surface area contributed by atoms with Crippen molar-refractivity contribution in [2.75, 3.05) is 0 Å². The van der Waals surface area contributed by atoms with Crippen molar-refractivity contribution < 1.29 is 15.7 Å². The Morgan fingerprint density at radius 3 is 1.53 bits per heavy atom. The maximum atomic E-state index is 12.2. The van der Waals surface area contributed by atoms with E-state index >= 15 is 0 Å². The van der Waals surface area contributed by atoms with Crippen molar-refractivity contribution in [3.63, 3.8) is 0 Å². The molecular formula is C14H24O4Sn. The van der Waals surface area contributed by atoms with Crippen LogP contribution in [0.25, 0.3) is 0 Å². The molecule has 1 aliphatic heterocycles. The van der Waals surface area contributed by atoms with E-state index in [1.54, 1.807) is 9.88 Å². The fourth-order valence-corrected chi connectivity index (χ4v) is 5.42. The van der Waals surface area contributed by atoms with Crippen molar-refractivity contribution in [2.24, 2.45) is 0 Å². The Morgan fingerprint density at radius 2 is 1.21 bits per heavy atom. The Balaban J connectivity index is 3.06. The average Bonchev–Trinajstić information content (AvgIpc) is 2.38. The summed E-state index contributed by atoms with van der Waals surface area (Å²) in [5, 5.41) is 0. The molecule has 1 rings (SSSR count). The summed E-state index contributed by atoms with van der Waals surface area (Å²) in [6.45, 7) is 4.13. The van der Waals surface area contributed by atoms with Gasteiger partial charge in [0.1, 0.15) is 0 Å². The van der Waals surface area contributed by atoms with Crippen molar-refractivity contribution in [1.29, 1.82) is 0 Å². The minimum absolute atomic E-state index is 0.314. The van der Waals surface area contributed by atoms with Gasteiger partial charge in [-0.2, -0.15) is 0 Å². The van der Waals surface area contributed by atoms with E-state index in [0.717, 1.165) is 25.7 Å². The molecule has 108 valence electrons. The molecule has 0 atom stereocenters. The topological polar surface area (TPSA) is 52.6 Å². The van der Waals surface area contributed by atoms with Gasteiger partial charge < -0.3 is 0 Å². The third kappa shape index (κ3) is 4.82. The number of hydrogen-bond acceptors (Lipinski definition) is 4. The summed E-state index contributed by atoms with van der Waals surface area (Å²) >= 11 is -3.43. The summed E-state index contributed by atoms with van der Waals surface area (Å²) < 4.78 is 10.9. The van der Waals surface area contributed by atoms with Gasteiger partial charge in [-0.1, -0.05) is 0 Å². The van der Waals surface area contributed by atoms with Crippen LogP contribution in [0.15, 0.2) is 11.1 Å². The third-order valence-corrected chi connectivity index (χ3v) is 6.96. The van der Waals surface area contributed by atoms with E-state index < -0.39 is 19.2 Å². The van der Waals surface area contributed by atoms with Gasteiger partial charge >= 0.3 is 120 Å². The van der Waals surface area contributed by atoms with Gasteiger partial charge in [-0.25, -0.2) is 0 Å². The fourth-order valence-electron chi connectivity index (χ4n) is 2.05. The second kappa shape index (κ2) is 7.31. The van der Waals surface area contributed by atoms with Crippen molar-refractivity contribution in [1.82, 2.24) is 0 Å². The molecule has 0 saturated heterocycles. The van der Waals surface area contributed by atoms with E-state index in [1.165, 1.54) is 0 Å². The molecule has 1 heterocycles. The summed E-state index contributed by atoms with van der Waals surface area (Å²) in [6.07, 6.45) is 4.99. The monoisotopic (exact) mass is 376 g/mol. The van der Waals surface area contributed by atoms with Gasteiger partial charge in [0.15, 0.2) is 0 Å². The first-order valence-corrected chi connectivity index (χ1v) is 15.1. The Labute approximate surface area is 120 Å². The van der Waals surface area contributed by atoms with Crippen molar-refractivity contribution >= 4 is 31.1 Å². The molecule has 0 aliphatic carbocycles. The van der Waals surface area contributed by atoms with Crippen LogP contribution in [0.2, 0.25) is 9.88 Å². The summed E-state index contributed by atoms with van der Waals surface area (Å²) in [5.74, 6) is -0.627. The zero-order valence-electron chi connectivity index (χ0n) is 12.4. The van der Waals surface area contributed by atoms with E-state index in [-0.39, 0.29) is 11.9 Å². The number of rotatable bonds is 6. The molecule has 5 heteroatoms. The van der Waals surface area contributed by atoms with E-state index in [0.29, 0.717) is 24.0 Å².